The molecule has 0 bridgehead atoms. The van der Waals surface area contributed by atoms with Crippen LogP contribution in [-0.4, -0.2) is 38.6 Å². The maximum absolute atomic E-state index is 3.25. The summed E-state index contributed by atoms with van der Waals surface area (Å²) in [6, 6.07) is 0. The van der Waals surface area contributed by atoms with Gasteiger partial charge in [-0.3, -0.25) is 0 Å². The van der Waals surface area contributed by atoms with Gasteiger partial charge in [-0.1, -0.05) is 26.7 Å². The number of rotatable bonds is 8. The summed E-state index contributed by atoms with van der Waals surface area (Å²) in [5.41, 5.74) is 0. The third-order valence-electron chi connectivity index (χ3n) is 2.53. The van der Waals surface area contributed by atoms with Crippen LogP contribution in [0, 0.1) is 5.92 Å². The van der Waals surface area contributed by atoms with Gasteiger partial charge in [0.25, 0.3) is 0 Å². The van der Waals surface area contributed by atoms with Crippen LogP contribution in [0.4, 0.5) is 0 Å². The smallest absolute Gasteiger partial charge is 0.00186 e. The number of unbranched alkanes of at least 4 members (excludes halogenated alkanes) is 1. The van der Waals surface area contributed by atoms with E-state index in [0.717, 1.165) is 12.5 Å². The molecule has 2 heteroatoms. The second-order valence-corrected chi connectivity index (χ2v) is 3.95. The molecule has 0 aromatic heterocycles. The molecule has 0 rings (SSSR count). The van der Waals surface area contributed by atoms with Crippen LogP contribution in [0.15, 0.2) is 0 Å². The molecule has 13 heavy (non-hydrogen) atoms. The van der Waals surface area contributed by atoms with Gasteiger partial charge in [0.05, 0.1) is 0 Å². The summed E-state index contributed by atoms with van der Waals surface area (Å²) in [6.07, 6.45) is 3.90. The lowest BCUT2D eigenvalue weighted by Crippen LogP contribution is -2.31. The summed E-state index contributed by atoms with van der Waals surface area (Å²) >= 11 is 0. The van der Waals surface area contributed by atoms with Gasteiger partial charge < -0.3 is 10.2 Å². The Bertz CT molecular complexity index is 104. The lowest BCUT2D eigenvalue weighted by atomic mass is 10.1. The Hall–Kier alpha value is -0.0800. The van der Waals surface area contributed by atoms with Crippen LogP contribution < -0.4 is 5.32 Å². The first-order valence-corrected chi connectivity index (χ1v) is 5.57. The molecule has 0 aromatic carbocycles. The van der Waals surface area contributed by atoms with Gasteiger partial charge in [0.15, 0.2) is 0 Å². The fourth-order valence-electron chi connectivity index (χ4n) is 1.59. The number of nitrogens with zero attached hydrogens (tertiary/aromatic N) is 1. The minimum Gasteiger partial charge on any atom is -0.319 e. The van der Waals surface area contributed by atoms with Crippen molar-refractivity contribution in [2.24, 2.45) is 5.92 Å². The molecule has 0 fully saturated rings. The van der Waals surface area contributed by atoms with Gasteiger partial charge in [0.2, 0.25) is 0 Å². The van der Waals surface area contributed by atoms with Crippen molar-refractivity contribution in [2.45, 2.75) is 33.1 Å². The molecule has 0 saturated heterocycles. The van der Waals surface area contributed by atoms with Crippen LogP contribution in [0.25, 0.3) is 0 Å². The van der Waals surface area contributed by atoms with Gasteiger partial charge >= 0.3 is 0 Å². The predicted octanol–water partition coefficient (Wildman–Crippen LogP) is 1.96. The van der Waals surface area contributed by atoms with Gasteiger partial charge in [-0.2, -0.15) is 0 Å². The zero-order valence-corrected chi connectivity index (χ0v) is 9.77. The van der Waals surface area contributed by atoms with E-state index in [-0.39, 0.29) is 0 Å². The molecule has 0 aliphatic heterocycles. The van der Waals surface area contributed by atoms with Crippen molar-refractivity contribution in [2.75, 3.05) is 33.7 Å². The molecule has 0 saturated carbocycles. The van der Waals surface area contributed by atoms with E-state index in [9.17, 15) is 0 Å². The van der Waals surface area contributed by atoms with Crippen LogP contribution in [0.3, 0.4) is 0 Å². The maximum Gasteiger partial charge on any atom is 0.00186 e. The Morgan fingerprint density at radius 1 is 1.31 bits per heavy atom. The Balaban J connectivity index is 3.53. The lowest BCUT2D eigenvalue weighted by molar-refractivity contribution is 0.265. The van der Waals surface area contributed by atoms with Crippen LogP contribution in [-0.2, 0) is 0 Å². The molecule has 2 nitrogen and oxygen atoms in total. The first-order chi connectivity index (χ1) is 6.24. The molecule has 0 aliphatic carbocycles. The van der Waals surface area contributed by atoms with Crippen molar-refractivity contribution in [1.29, 1.82) is 0 Å². The highest BCUT2D eigenvalue weighted by molar-refractivity contribution is 4.63. The standard InChI is InChI=1S/C11H26N2/c1-5-7-8-13(4)10-11(6-2)9-12-3/h11-12H,5-10H2,1-4H3. The minimum absolute atomic E-state index is 0.812. The molecule has 0 radical (unpaired) electrons. The zero-order valence-electron chi connectivity index (χ0n) is 9.77. The Kier molecular flexibility index (Phi) is 8.46. The van der Waals surface area contributed by atoms with Crippen molar-refractivity contribution >= 4 is 0 Å². The topological polar surface area (TPSA) is 15.3 Å². The van der Waals surface area contributed by atoms with Crippen molar-refractivity contribution in [3.63, 3.8) is 0 Å². The highest BCUT2D eigenvalue weighted by Crippen LogP contribution is 2.03. The number of hydrogen-bond donors (Lipinski definition) is 1. The highest BCUT2D eigenvalue weighted by Gasteiger charge is 2.07. The van der Waals surface area contributed by atoms with Crippen molar-refractivity contribution in [3.05, 3.63) is 0 Å². The zero-order chi connectivity index (χ0) is 10.1. The van der Waals surface area contributed by atoms with E-state index in [0.29, 0.717) is 0 Å². The van der Waals surface area contributed by atoms with E-state index >= 15 is 0 Å². The summed E-state index contributed by atoms with van der Waals surface area (Å²) in [5, 5.41) is 3.25. The van der Waals surface area contributed by atoms with Gasteiger partial charge in [0, 0.05) is 6.54 Å². The highest BCUT2D eigenvalue weighted by atomic mass is 15.1. The molecule has 1 unspecified atom stereocenters. The quantitative estimate of drug-likeness (QED) is 0.623. The van der Waals surface area contributed by atoms with E-state index in [2.05, 4.69) is 31.1 Å². The molecule has 0 amide bonds. The second kappa shape index (κ2) is 8.52. The van der Waals surface area contributed by atoms with E-state index in [1.54, 1.807) is 0 Å². The van der Waals surface area contributed by atoms with Crippen molar-refractivity contribution < 1.29 is 0 Å². The SMILES string of the molecule is CCCCN(C)CC(CC)CNC. The van der Waals surface area contributed by atoms with E-state index in [1.807, 2.05) is 7.05 Å². The van der Waals surface area contributed by atoms with E-state index in [4.69, 9.17) is 0 Å². The Morgan fingerprint density at radius 2 is 2.00 bits per heavy atom. The normalized spacial score (nSPS) is 13.6. The summed E-state index contributed by atoms with van der Waals surface area (Å²) in [7, 11) is 4.27. The van der Waals surface area contributed by atoms with Crippen LogP contribution in [0.1, 0.15) is 33.1 Å². The molecule has 0 aromatic rings. The predicted molar refractivity (Wildman–Crippen MR) is 60.1 cm³/mol. The molecular weight excluding hydrogens is 160 g/mol. The molecule has 1 atom stereocenters. The average Bonchev–Trinajstić information content (AvgIpc) is 2.14. The van der Waals surface area contributed by atoms with Crippen LogP contribution in [0.5, 0.6) is 0 Å². The van der Waals surface area contributed by atoms with Crippen molar-refractivity contribution in [3.8, 4) is 0 Å². The minimum atomic E-state index is 0.812. The fraction of sp³-hybridized carbons (Fsp3) is 1.00. The lowest BCUT2D eigenvalue weighted by Gasteiger charge is -2.22. The molecule has 0 aliphatic rings. The largest absolute Gasteiger partial charge is 0.319 e. The summed E-state index contributed by atoms with van der Waals surface area (Å²) < 4.78 is 0. The average molecular weight is 186 g/mol. The number of nitrogens with one attached hydrogen (secondary N) is 1. The monoisotopic (exact) mass is 186 g/mol. The molecular formula is C11H26N2. The summed E-state index contributed by atoms with van der Waals surface area (Å²) in [6.45, 7) is 8.15. The van der Waals surface area contributed by atoms with Gasteiger partial charge in [-0.05, 0) is 39.5 Å². The van der Waals surface area contributed by atoms with Gasteiger partial charge in [-0.15, -0.1) is 0 Å². The molecule has 0 spiro atoms. The molecule has 1 N–H and O–H groups in total. The van der Waals surface area contributed by atoms with Crippen LogP contribution >= 0.6 is 0 Å². The van der Waals surface area contributed by atoms with E-state index < -0.39 is 0 Å². The summed E-state index contributed by atoms with van der Waals surface area (Å²) in [4.78, 5) is 2.45. The third kappa shape index (κ3) is 7.03. The van der Waals surface area contributed by atoms with Crippen molar-refractivity contribution in [1.82, 2.24) is 10.2 Å². The maximum atomic E-state index is 3.25. The fourth-order valence-corrected chi connectivity index (χ4v) is 1.59. The van der Waals surface area contributed by atoms with E-state index in [1.165, 1.54) is 32.4 Å². The van der Waals surface area contributed by atoms with Crippen LogP contribution in [0.2, 0.25) is 0 Å². The Morgan fingerprint density at radius 3 is 2.46 bits per heavy atom. The first kappa shape index (κ1) is 12.9. The van der Waals surface area contributed by atoms with Gasteiger partial charge in [0.1, 0.15) is 0 Å². The molecule has 0 heterocycles. The Labute approximate surface area is 83.7 Å². The van der Waals surface area contributed by atoms with Gasteiger partial charge in [-0.25, -0.2) is 0 Å². The second-order valence-electron chi connectivity index (χ2n) is 3.95. The first-order valence-electron chi connectivity index (χ1n) is 5.57. The molecule has 80 valence electrons. The number of hydrogen-bond acceptors (Lipinski definition) is 2. The third-order valence-corrected chi connectivity index (χ3v) is 2.53. The summed E-state index contributed by atoms with van der Waals surface area (Å²) in [5.74, 6) is 0.812.